The summed E-state index contributed by atoms with van der Waals surface area (Å²) in [6, 6.07) is 14.6. The molecular formula is C25H23FN7O3+. The molecule has 4 aromatic rings. The highest BCUT2D eigenvalue weighted by Gasteiger charge is 2.19. The lowest BCUT2D eigenvalue weighted by Gasteiger charge is -2.06. The molecule has 0 saturated heterocycles. The Morgan fingerprint density at radius 1 is 1.25 bits per heavy atom. The van der Waals surface area contributed by atoms with Gasteiger partial charge in [0.25, 0.3) is 11.7 Å². The Morgan fingerprint density at radius 2 is 2.08 bits per heavy atom. The molecule has 4 rings (SSSR count). The molecular weight excluding hydrogens is 465 g/mol. The normalized spacial score (nSPS) is 11.8. The summed E-state index contributed by atoms with van der Waals surface area (Å²) in [5.41, 5.74) is 14.3. The maximum atomic E-state index is 14.0. The molecule has 2 aromatic heterocycles. The minimum absolute atomic E-state index is 0.0441. The average Bonchev–Trinajstić information content (AvgIpc) is 3.43. The lowest BCUT2D eigenvalue weighted by molar-refractivity contribution is -0.385. The van der Waals surface area contributed by atoms with Crippen LogP contribution in [0.1, 0.15) is 27.4 Å². The van der Waals surface area contributed by atoms with Gasteiger partial charge in [0.15, 0.2) is 5.69 Å². The van der Waals surface area contributed by atoms with Crippen LogP contribution in [0.5, 0.6) is 5.75 Å². The molecule has 0 saturated carbocycles. The van der Waals surface area contributed by atoms with Crippen molar-refractivity contribution in [2.75, 3.05) is 18.2 Å². The first-order valence-electron chi connectivity index (χ1n) is 10.7. The topological polar surface area (TPSA) is 156 Å². The molecule has 36 heavy (non-hydrogen) atoms. The summed E-state index contributed by atoms with van der Waals surface area (Å²) in [6.45, 7) is 0.0627. The van der Waals surface area contributed by atoms with E-state index in [0.29, 0.717) is 28.3 Å². The van der Waals surface area contributed by atoms with E-state index in [1.54, 1.807) is 48.5 Å². The summed E-state index contributed by atoms with van der Waals surface area (Å²) < 4.78 is 24.1. The number of aromatic nitrogens is 3. The minimum Gasteiger partial charge on any atom is -0.497 e. The number of nitrogens with one attached hydrogen (secondary N) is 2. The smallest absolute Gasteiger partial charge is 0.346 e. The van der Waals surface area contributed by atoms with E-state index in [0.717, 1.165) is 0 Å². The third-order valence-corrected chi connectivity index (χ3v) is 5.09. The molecule has 0 aliphatic heterocycles. The highest BCUT2D eigenvalue weighted by molar-refractivity contribution is 6.10. The summed E-state index contributed by atoms with van der Waals surface area (Å²) in [5, 5.41) is 6.59. The predicted octanol–water partition coefficient (Wildman–Crippen LogP) is 2.86. The lowest BCUT2D eigenvalue weighted by Crippen LogP contribution is -2.22. The minimum atomic E-state index is -0.388. The van der Waals surface area contributed by atoms with Crippen LogP contribution < -0.4 is 26.5 Å². The third kappa shape index (κ3) is 5.70. The number of aliphatic imine (C=N–C) groups is 1. The summed E-state index contributed by atoms with van der Waals surface area (Å²) in [5.74, 6) is 0.0671. The molecule has 0 spiro atoms. The summed E-state index contributed by atoms with van der Waals surface area (Å²) in [6.07, 6.45) is 4.38. The Bertz CT molecular complexity index is 1440. The maximum Gasteiger partial charge on any atom is 0.346 e. The number of methoxy groups -OCH3 is 1. The van der Waals surface area contributed by atoms with Crippen molar-refractivity contribution < 1.29 is 23.4 Å². The van der Waals surface area contributed by atoms with E-state index >= 15 is 0 Å². The second-order valence-electron chi connectivity index (χ2n) is 7.51. The standard InChI is InChI=1S/C25H22FN7O3/c1-35-17-7-4-6-15(11-17)25(34)31-22-14-30-24(32-23(22)28)19(27)12-21(20-9-10-36-33-20)29-13-16-5-2-3-8-18(16)26/h2-12,14H,13,27H2,1H3,(H,31,34)(H2,28,30,32)/p+1. The SMILES string of the molecule is COc1cccc(C(=O)Nc2c[nH+]c(C(N)=CC(=NCc3ccccc3F)c3ccon3)nc2N)c1. The van der Waals surface area contributed by atoms with Gasteiger partial charge in [0.05, 0.1) is 19.4 Å². The number of benzene rings is 2. The van der Waals surface area contributed by atoms with Crippen LogP contribution in [0.3, 0.4) is 0 Å². The molecule has 0 bridgehead atoms. The van der Waals surface area contributed by atoms with Crippen LogP contribution in [0.25, 0.3) is 5.70 Å². The fraction of sp³-hybridized carbons (Fsp3) is 0.0800. The van der Waals surface area contributed by atoms with Crippen molar-refractivity contribution >= 4 is 28.8 Å². The van der Waals surface area contributed by atoms with Gasteiger partial charge in [-0.15, -0.1) is 0 Å². The van der Waals surface area contributed by atoms with Gasteiger partial charge in [-0.3, -0.25) is 9.79 Å². The molecule has 182 valence electrons. The van der Waals surface area contributed by atoms with Gasteiger partial charge in [-0.05, 0) is 35.3 Å². The number of allylic oxidation sites excluding steroid dienone is 1. The highest BCUT2D eigenvalue weighted by Crippen LogP contribution is 2.18. The monoisotopic (exact) mass is 488 g/mol. The van der Waals surface area contributed by atoms with Crippen LogP contribution in [-0.4, -0.2) is 28.9 Å². The molecule has 0 aliphatic rings. The van der Waals surface area contributed by atoms with Gasteiger partial charge < -0.3 is 26.0 Å². The van der Waals surface area contributed by atoms with Gasteiger partial charge in [0.2, 0.25) is 0 Å². The summed E-state index contributed by atoms with van der Waals surface area (Å²) in [4.78, 5) is 24.2. The maximum absolute atomic E-state index is 14.0. The van der Waals surface area contributed by atoms with Crippen molar-refractivity contribution in [3.8, 4) is 5.75 Å². The molecule has 0 fully saturated rings. The van der Waals surface area contributed by atoms with Crippen LogP contribution in [0.4, 0.5) is 15.9 Å². The predicted molar refractivity (Wildman–Crippen MR) is 131 cm³/mol. The molecule has 11 heteroatoms. The number of halogens is 1. The highest BCUT2D eigenvalue weighted by atomic mass is 19.1. The van der Waals surface area contributed by atoms with E-state index in [1.165, 1.54) is 31.7 Å². The number of amides is 1. The van der Waals surface area contributed by atoms with Crippen molar-refractivity contribution in [2.24, 2.45) is 10.7 Å². The number of aromatic amines is 1. The number of H-pyrrole nitrogens is 1. The largest absolute Gasteiger partial charge is 0.497 e. The van der Waals surface area contributed by atoms with Gasteiger partial charge in [-0.1, -0.05) is 29.4 Å². The number of hydrogen-bond acceptors (Lipinski definition) is 8. The molecule has 0 radical (unpaired) electrons. The molecule has 6 N–H and O–H groups in total. The number of ether oxygens (including phenoxy) is 1. The van der Waals surface area contributed by atoms with Crippen molar-refractivity contribution in [1.29, 1.82) is 0 Å². The first-order chi connectivity index (χ1) is 17.4. The average molecular weight is 489 g/mol. The van der Waals surface area contributed by atoms with Gasteiger partial charge in [0.1, 0.15) is 35.4 Å². The molecule has 10 nitrogen and oxygen atoms in total. The molecule has 0 atom stereocenters. The number of anilines is 2. The second kappa shape index (κ2) is 10.9. The van der Waals surface area contributed by atoms with Crippen LogP contribution in [0.15, 0.2) is 82.6 Å². The number of nitrogen functional groups attached to an aromatic ring is 1. The van der Waals surface area contributed by atoms with E-state index in [1.807, 2.05) is 0 Å². The molecule has 2 heterocycles. The van der Waals surface area contributed by atoms with E-state index in [2.05, 4.69) is 25.4 Å². The number of carbonyl (C=O) groups excluding carboxylic acids is 1. The van der Waals surface area contributed by atoms with Crippen LogP contribution in [-0.2, 0) is 6.54 Å². The molecule has 0 unspecified atom stereocenters. The number of rotatable bonds is 8. The lowest BCUT2D eigenvalue weighted by atomic mass is 10.2. The fourth-order valence-corrected chi connectivity index (χ4v) is 3.19. The van der Waals surface area contributed by atoms with Crippen LogP contribution in [0, 0.1) is 5.82 Å². The zero-order valence-electron chi connectivity index (χ0n) is 19.2. The third-order valence-electron chi connectivity index (χ3n) is 5.09. The Kier molecular flexibility index (Phi) is 7.30. The van der Waals surface area contributed by atoms with E-state index in [9.17, 15) is 9.18 Å². The quantitative estimate of drug-likeness (QED) is 0.322. The summed E-state index contributed by atoms with van der Waals surface area (Å²) >= 11 is 0. The van der Waals surface area contributed by atoms with Crippen molar-refractivity contribution in [2.45, 2.75) is 6.54 Å². The molecule has 2 aromatic carbocycles. The van der Waals surface area contributed by atoms with Crippen LogP contribution in [0.2, 0.25) is 0 Å². The first kappa shape index (κ1) is 24.1. The van der Waals surface area contributed by atoms with Gasteiger partial charge in [0, 0.05) is 17.2 Å². The van der Waals surface area contributed by atoms with E-state index in [4.69, 9.17) is 20.7 Å². The Balaban J connectivity index is 1.56. The Hall–Kier alpha value is -5.06. The number of nitrogens with two attached hydrogens (primary N) is 2. The molecule has 1 amide bonds. The first-order valence-corrected chi connectivity index (χ1v) is 10.7. The summed E-state index contributed by atoms with van der Waals surface area (Å²) in [7, 11) is 1.52. The van der Waals surface area contributed by atoms with Crippen LogP contribution >= 0.6 is 0 Å². The van der Waals surface area contributed by atoms with Gasteiger partial charge in [-0.2, -0.15) is 0 Å². The second-order valence-corrected chi connectivity index (χ2v) is 7.51. The van der Waals surface area contributed by atoms with Gasteiger partial charge in [-0.25, -0.2) is 9.37 Å². The van der Waals surface area contributed by atoms with E-state index in [-0.39, 0.29) is 41.3 Å². The zero-order valence-corrected chi connectivity index (χ0v) is 19.2. The van der Waals surface area contributed by atoms with Crippen molar-refractivity contribution in [3.05, 3.63) is 102 Å². The van der Waals surface area contributed by atoms with Crippen molar-refractivity contribution in [3.63, 3.8) is 0 Å². The number of hydrogen-bond donors (Lipinski definition) is 3. The zero-order chi connectivity index (χ0) is 25.5. The van der Waals surface area contributed by atoms with Gasteiger partial charge >= 0.3 is 5.82 Å². The number of carbonyl (C=O) groups is 1. The Labute approximate surface area is 205 Å². The molecule has 0 aliphatic carbocycles. The number of nitrogens with zero attached hydrogens (tertiary/aromatic N) is 3. The fourth-order valence-electron chi connectivity index (χ4n) is 3.19. The van der Waals surface area contributed by atoms with E-state index < -0.39 is 0 Å². The Morgan fingerprint density at radius 3 is 2.81 bits per heavy atom. The van der Waals surface area contributed by atoms with Crippen molar-refractivity contribution in [1.82, 2.24) is 10.1 Å².